The number of aliphatic hydroxyl groups excluding tert-OH is 1. The van der Waals surface area contributed by atoms with Gasteiger partial charge in [0.25, 0.3) is 0 Å². The molecule has 2 aromatic heterocycles. The van der Waals surface area contributed by atoms with Gasteiger partial charge in [0.15, 0.2) is 17.3 Å². The standard InChI is InChI=1S/C28H34N6O6/c35-12-11-33(27(36)37)19-3-1-18(2-4-19)24-30-25(32-16-21-5-6-22(17-32)40-21)23-15-29-34(26(23)31-24)20-7-9-28(10-8-20)38-13-14-39-28/h1-4,15,20-22,35H,5-14,16-17H2,(H,36,37). The highest BCUT2D eigenvalue weighted by Gasteiger charge is 2.41. The Bertz CT molecular complexity index is 1370. The Morgan fingerprint density at radius 3 is 2.38 bits per heavy atom. The van der Waals surface area contributed by atoms with Gasteiger partial charge in [-0.15, -0.1) is 0 Å². The number of hydrogen-bond donors (Lipinski definition) is 2. The SMILES string of the molecule is O=C(O)N(CCO)c1ccc(-c2nc(N3CC4CCC(C3)O4)c3cnn(C4CCC5(CC4)OCCO5)c3n2)cc1. The maximum atomic E-state index is 11.7. The fourth-order valence-electron chi connectivity index (χ4n) is 6.63. The molecule has 7 rings (SSSR count). The Labute approximate surface area is 231 Å². The molecule has 1 amide bonds. The highest BCUT2D eigenvalue weighted by molar-refractivity contribution is 5.89. The predicted molar refractivity (Wildman–Crippen MR) is 145 cm³/mol. The summed E-state index contributed by atoms with van der Waals surface area (Å²) in [6.45, 7) is 2.60. The number of carboxylic acid groups (broad SMARTS) is 1. The maximum Gasteiger partial charge on any atom is 0.411 e. The molecule has 1 saturated carbocycles. The van der Waals surface area contributed by atoms with Crippen LogP contribution in [0.2, 0.25) is 0 Å². The van der Waals surface area contributed by atoms with E-state index in [0.717, 1.165) is 78.9 Å². The number of benzene rings is 1. The number of nitrogens with zero attached hydrogens (tertiary/aromatic N) is 6. The first kappa shape index (κ1) is 25.6. The number of morpholine rings is 1. The summed E-state index contributed by atoms with van der Waals surface area (Å²) in [6.07, 6.45) is 6.73. The van der Waals surface area contributed by atoms with E-state index in [-0.39, 0.29) is 31.4 Å². The highest BCUT2D eigenvalue weighted by atomic mass is 16.7. The predicted octanol–water partition coefficient (Wildman–Crippen LogP) is 3.20. The molecule has 3 saturated heterocycles. The molecular formula is C28H34N6O6. The molecule has 2 bridgehead atoms. The Kier molecular flexibility index (Phi) is 6.57. The molecule has 4 aliphatic rings. The van der Waals surface area contributed by atoms with E-state index in [9.17, 15) is 15.0 Å². The lowest BCUT2D eigenvalue weighted by Gasteiger charge is -2.35. The largest absolute Gasteiger partial charge is 0.465 e. The number of anilines is 2. The third-order valence-corrected chi connectivity index (χ3v) is 8.64. The minimum Gasteiger partial charge on any atom is -0.465 e. The molecule has 2 unspecified atom stereocenters. The van der Waals surface area contributed by atoms with Crippen molar-refractivity contribution in [3.05, 3.63) is 30.5 Å². The second kappa shape index (κ2) is 10.3. The molecule has 1 aromatic carbocycles. The molecule has 3 aromatic rings. The van der Waals surface area contributed by atoms with Crippen molar-refractivity contribution in [2.24, 2.45) is 0 Å². The van der Waals surface area contributed by atoms with Gasteiger partial charge in [0, 0.05) is 37.2 Å². The van der Waals surface area contributed by atoms with Crippen LogP contribution in [0.5, 0.6) is 0 Å². The van der Waals surface area contributed by atoms with Crippen LogP contribution in [0.1, 0.15) is 44.6 Å². The second-order valence-electron chi connectivity index (χ2n) is 11.1. The third-order valence-electron chi connectivity index (χ3n) is 8.64. The summed E-state index contributed by atoms with van der Waals surface area (Å²) >= 11 is 0. The molecule has 2 N–H and O–H groups in total. The van der Waals surface area contributed by atoms with Crippen molar-refractivity contribution in [2.75, 3.05) is 49.3 Å². The van der Waals surface area contributed by atoms with Gasteiger partial charge in [0.2, 0.25) is 0 Å². The fourth-order valence-corrected chi connectivity index (χ4v) is 6.63. The minimum atomic E-state index is -1.12. The van der Waals surface area contributed by atoms with E-state index in [4.69, 9.17) is 29.3 Å². The highest BCUT2D eigenvalue weighted by Crippen LogP contribution is 2.42. The molecule has 40 heavy (non-hydrogen) atoms. The van der Waals surface area contributed by atoms with Crippen molar-refractivity contribution in [1.29, 1.82) is 0 Å². The molecule has 12 heteroatoms. The van der Waals surface area contributed by atoms with Crippen molar-refractivity contribution in [1.82, 2.24) is 19.7 Å². The van der Waals surface area contributed by atoms with Crippen molar-refractivity contribution < 1.29 is 29.2 Å². The number of aliphatic hydroxyl groups is 1. The average molecular weight is 551 g/mol. The number of rotatable bonds is 6. The molecule has 5 heterocycles. The lowest BCUT2D eigenvalue weighted by molar-refractivity contribution is -0.181. The van der Waals surface area contributed by atoms with Crippen LogP contribution in [0, 0.1) is 0 Å². The first-order valence-electron chi connectivity index (χ1n) is 14.2. The first-order chi connectivity index (χ1) is 19.5. The number of ether oxygens (including phenoxy) is 3. The van der Waals surface area contributed by atoms with Crippen LogP contribution in [0.25, 0.3) is 22.4 Å². The van der Waals surface area contributed by atoms with Crippen LogP contribution in [-0.4, -0.2) is 93.5 Å². The van der Waals surface area contributed by atoms with Crippen LogP contribution in [0.15, 0.2) is 30.5 Å². The molecular weight excluding hydrogens is 516 g/mol. The van der Waals surface area contributed by atoms with E-state index in [1.54, 1.807) is 12.1 Å². The summed E-state index contributed by atoms with van der Waals surface area (Å²) in [6, 6.07) is 7.28. The van der Waals surface area contributed by atoms with Gasteiger partial charge in [-0.1, -0.05) is 0 Å². The van der Waals surface area contributed by atoms with Crippen LogP contribution >= 0.6 is 0 Å². The van der Waals surface area contributed by atoms with Gasteiger partial charge >= 0.3 is 6.09 Å². The zero-order valence-corrected chi connectivity index (χ0v) is 22.3. The van der Waals surface area contributed by atoms with E-state index in [2.05, 4.69) is 4.90 Å². The van der Waals surface area contributed by atoms with Gasteiger partial charge in [-0.2, -0.15) is 5.10 Å². The number of hydrogen-bond acceptors (Lipinski definition) is 9. The number of fused-ring (bicyclic) bond motifs is 3. The van der Waals surface area contributed by atoms with E-state index in [1.165, 1.54) is 0 Å². The smallest absolute Gasteiger partial charge is 0.411 e. The summed E-state index contributed by atoms with van der Waals surface area (Å²) in [7, 11) is 0. The van der Waals surface area contributed by atoms with Crippen molar-refractivity contribution in [3.63, 3.8) is 0 Å². The quantitative estimate of drug-likeness (QED) is 0.471. The molecule has 1 aliphatic carbocycles. The zero-order valence-electron chi connectivity index (χ0n) is 22.3. The fraction of sp³-hybridized carbons (Fsp3) is 0.571. The summed E-state index contributed by atoms with van der Waals surface area (Å²) in [5, 5.41) is 24.6. The van der Waals surface area contributed by atoms with Gasteiger partial charge in [-0.25, -0.2) is 19.4 Å². The maximum absolute atomic E-state index is 11.7. The van der Waals surface area contributed by atoms with Gasteiger partial charge < -0.3 is 29.3 Å². The topological polar surface area (TPSA) is 135 Å². The van der Waals surface area contributed by atoms with Gasteiger partial charge in [0.05, 0.1) is 56.2 Å². The molecule has 2 atom stereocenters. The first-order valence-corrected chi connectivity index (χ1v) is 14.2. The number of amides is 1. The van der Waals surface area contributed by atoms with Gasteiger partial charge in [0.1, 0.15) is 5.82 Å². The van der Waals surface area contributed by atoms with Crippen LogP contribution in [0.3, 0.4) is 0 Å². The van der Waals surface area contributed by atoms with Crippen molar-refractivity contribution in [2.45, 2.75) is 62.6 Å². The monoisotopic (exact) mass is 550 g/mol. The second-order valence-corrected chi connectivity index (χ2v) is 11.1. The molecule has 4 fully saturated rings. The molecule has 0 radical (unpaired) electrons. The van der Waals surface area contributed by atoms with E-state index < -0.39 is 11.9 Å². The summed E-state index contributed by atoms with van der Waals surface area (Å²) in [5.74, 6) is 0.977. The lowest BCUT2D eigenvalue weighted by atomic mass is 9.90. The molecule has 1 spiro atoms. The summed E-state index contributed by atoms with van der Waals surface area (Å²) in [5.41, 5.74) is 2.05. The Balaban J connectivity index is 1.26. The van der Waals surface area contributed by atoms with Crippen molar-refractivity contribution >= 4 is 28.6 Å². The van der Waals surface area contributed by atoms with Gasteiger partial charge in [-0.05, 0) is 49.9 Å². The van der Waals surface area contributed by atoms with Gasteiger partial charge in [-0.3, -0.25) is 4.90 Å². The Hall–Kier alpha value is -3.32. The number of carbonyl (C=O) groups is 1. The Morgan fingerprint density at radius 1 is 1.02 bits per heavy atom. The van der Waals surface area contributed by atoms with Crippen LogP contribution in [0.4, 0.5) is 16.3 Å². The average Bonchev–Trinajstić information content (AvgIpc) is 3.70. The molecule has 3 aliphatic heterocycles. The summed E-state index contributed by atoms with van der Waals surface area (Å²) in [4.78, 5) is 25.2. The Morgan fingerprint density at radius 2 is 1.73 bits per heavy atom. The van der Waals surface area contributed by atoms with E-state index in [1.807, 2.05) is 23.0 Å². The van der Waals surface area contributed by atoms with E-state index in [0.29, 0.717) is 24.7 Å². The number of aromatic nitrogens is 4. The normalized spacial score (nSPS) is 24.3. The molecule has 12 nitrogen and oxygen atoms in total. The van der Waals surface area contributed by atoms with Crippen LogP contribution < -0.4 is 9.80 Å². The lowest BCUT2D eigenvalue weighted by Crippen LogP contribution is -2.43. The summed E-state index contributed by atoms with van der Waals surface area (Å²) < 4.78 is 20.0. The zero-order chi connectivity index (χ0) is 27.3. The third kappa shape index (κ3) is 4.58. The van der Waals surface area contributed by atoms with Crippen molar-refractivity contribution in [3.8, 4) is 11.4 Å². The minimum absolute atomic E-state index is 0.00140. The molecule has 212 valence electrons. The van der Waals surface area contributed by atoms with E-state index >= 15 is 0 Å². The van der Waals surface area contributed by atoms with Crippen LogP contribution in [-0.2, 0) is 14.2 Å².